The molecule has 0 radical (unpaired) electrons. The van der Waals surface area contributed by atoms with Gasteiger partial charge in [0.2, 0.25) is 11.8 Å². The summed E-state index contributed by atoms with van der Waals surface area (Å²) in [7, 11) is 0. The Kier molecular flexibility index (Phi) is 7.91. The molecule has 27 heavy (non-hydrogen) atoms. The lowest BCUT2D eigenvalue weighted by molar-refractivity contribution is -0.134. The number of hydrogen-bond donors (Lipinski definition) is 1. The second kappa shape index (κ2) is 10.4. The third-order valence-electron chi connectivity index (χ3n) is 6.30. The highest BCUT2D eigenvalue weighted by molar-refractivity contribution is 5.79. The molecule has 154 valence electrons. The van der Waals surface area contributed by atoms with Crippen LogP contribution in [0.15, 0.2) is 0 Å². The number of amides is 2. The van der Waals surface area contributed by atoms with Crippen LogP contribution >= 0.6 is 0 Å². The van der Waals surface area contributed by atoms with Crippen LogP contribution in [0.2, 0.25) is 0 Å². The molecule has 0 aliphatic carbocycles. The molecule has 3 saturated heterocycles. The number of carbonyl (C=O) groups is 2. The fourth-order valence-corrected chi connectivity index (χ4v) is 4.41. The molecule has 0 aromatic carbocycles. The van der Waals surface area contributed by atoms with Gasteiger partial charge in [0.05, 0.1) is 13.1 Å². The fraction of sp³-hybridized carbons (Fsp3) is 0.900. The normalized spacial score (nSPS) is 24.1. The molecule has 0 atom stereocenters. The molecule has 3 heterocycles. The molecular formula is C20H37N5O2. The van der Waals surface area contributed by atoms with Crippen LogP contribution in [0.25, 0.3) is 0 Å². The first-order valence-corrected chi connectivity index (χ1v) is 10.9. The maximum atomic E-state index is 12.4. The minimum atomic E-state index is 0.155. The quantitative estimate of drug-likeness (QED) is 0.715. The topological polar surface area (TPSA) is 59.1 Å². The molecule has 2 amide bonds. The summed E-state index contributed by atoms with van der Waals surface area (Å²) in [4.78, 5) is 33.7. The molecular weight excluding hydrogens is 342 g/mol. The summed E-state index contributed by atoms with van der Waals surface area (Å²) in [6.07, 6.45) is 5.67. The standard InChI is InChI=1S/C20H37N5O2/c1-2-22-10-6-18(7-11-22)21-19(26)16-23-12-14-24(15-13-23)17-20(27)25-8-4-3-5-9-25/h18H,2-17H2,1H3,(H,21,26). The third kappa shape index (κ3) is 6.43. The summed E-state index contributed by atoms with van der Waals surface area (Å²) in [6, 6.07) is 0.337. The maximum absolute atomic E-state index is 12.4. The van der Waals surface area contributed by atoms with Gasteiger partial charge in [-0.1, -0.05) is 6.92 Å². The van der Waals surface area contributed by atoms with Crippen molar-refractivity contribution in [1.29, 1.82) is 0 Å². The lowest BCUT2D eigenvalue weighted by Gasteiger charge is -2.36. The number of rotatable bonds is 6. The van der Waals surface area contributed by atoms with Gasteiger partial charge < -0.3 is 15.1 Å². The highest BCUT2D eigenvalue weighted by atomic mass is 16.2. The highest BCUT2D eigenvalue weighted by Gasteiger charge is 2.25. The molecule has 0 bridgehead atoms. The number of likely N-dealkylation sites (tertiary alicyclic amines) is 2. The van der Waals surface area contributed by atoms with Crippen molar-refractivity contribution < 1.29 is 9.59 Å². The Morgan fingerprint density at radius 2 is 1.37 bits per heavy atom. The van der Waals surface area contributed by atoms with E-state index < -0.39 is 0 Å². The van der Waals surface area contributed by atoms with Crippen molar-refractivity contribution in [2.45, 2.75) is 45.1 Å². The van der Waals surface area contributed by atoms with E-state index >= 15 is 0 Å². The Bertz CT molecular complexity index is 479. The average molecular weight is 380 g/mol. The van der Waals surface area contributed by atoms with Crippen molar-refractivity contribution in [2.24, 2.45) is 0 Å². The van der Waals surface area contributed by atoms with E-state index in [-0.39, 0.29) is 11.8 Å². The van der Waals surface area contributed by atoms with Crippen LogP contribution in [0, 0.1) is 0 Å². The van der Waals surface area contributed by atoms with E-state index in [1.807, 2.05) is 4.90 Å². The van der Waals surface area contributed by atoms with E-state index in [1.54, 1.807) is 0 Å². The molecule has 7 heteroatoms. The number of nitrogens with one attached hydrogen (secondary N) is 1. The monoisotopic (exact) mass is 379 g/mol. The molecule has 3 aliphatic rings. The van der Waals surface area contributed by atoms with Crippen LogP contribution in [-0.4, -0.2) is 109 Å². The molecule has 0 saturated carbocycles. The van der Waals surface area contributed by atoms with Gasteiger partial charge in [0, 0.05) is 58.4 Å². The predicted octanol–water partition coefficient (Wildman–Crippen LogP) is 0.217. The van der Waals surface area contributed by atoms with Gasteiger partial charge in [-0.05, 0) is 38.6 Å². The summed E-state index contributed by atoms with van der Waals surface area (Å²) < 4.78 is 0. The molecule has 3 fully saturated rings. The molecule has 7 nitrogen and oxygen atoms in total. The Labute approximate surface area is 164 Å². The van der Waals surface area contributed by atoms with Gasteiger partial charge in [-0.3, -0.25) is 19.4 Å². The molecule has 3 rings (SSSR count). The van der Waals surface area contributed by atoms with Crippen LogP contribution in [0.1, 0.15) is 39.0 Å². The van der Waals surface area contributed by atoms with E-state index in [1.165, 1.54) is 6.42 Å². The van der Waals surface area contributed by atoms with Crippen molar-refractivity contribution >= 4 is 11.8 Å². The highest BCUT2D eigenvalue weighted by Crippen LogP contribution is 2.11. The number of nitrogens with zero attached hydrogens (tertiary/aromatic N) is 4. The van der Waals surface area contributed by atoms with E-state index in [0.29, 0.717) is 19.1 Å². The summed E-state index contributed by atoms with van der Waals surface area (Å²) in [5, 5.41) is 3.22. The second-order valence-electron chi connectivity index (χ2n) is 8.27. The number of hydrogen-bond acceptors (Lipinski definition) is 5. The van der Waals surface area contributed by atoms with Gasteiger partial charge in [-0.15, -0.1) is 0 Å². The third-order valence-corrected chi connectivity index (χ3v) is 6.30. The van der Waals surface area contributed by atoms with Crippen molar-refractivity contribution in [2.75, 3.05) is 72.0 Å². The summed E-state index contributed by atoms with van der Waals surface area (Å²) >= 11 is 0. The molecule has 1 N–H and O–H groups in total. The van der Waals surface area contributed by atoms with Crippen LogP contribution < -0.4 is 5.32 Å². The van der Waals surface area contributed by atoms with Gasteiger partial charge in [-0.25, -0.2) is 0 Å². The molecule has 0 aromatic heterocycles. The molecule has 0 aromatic rings. The zero-order valence-electron chi connectivity index (χ0n) is 17.0. The number of piperazine rings is 1. The van der Waals surface area contributed by atoms with Crippen LogP contribution in [0.4, 0.5) is 0 Å². The first kappa shape index (κ1) is 20.6. The Morgan fingerprint density at radius 3 is 1.96 bits per heavy atom. The van der Waals surface area contributed by atoms with Gasteiger partial charge in [-0.2, -0.15) is 0 Å². The first-order valence-electron chi connectivity index (χ1n) is 10.9. The summed E-state index contributed by atoms with van der Waals surface area (Å²) in [5.41, 5.74) is 0. The zero-order chi connectivity index (χ0) is 19.1. The largest absolute Gasteiger partial charge is 0.352 e. The summed E-state index contributed by atoms with van der Waals surface area (Å²) in [5.74, 6) is 0.433. The average Bonchev–Trinajstić information content (AvgIpc) is 2.70. The van der Waals surface area contributed by atoms with Crippen molar-refractivity contribution in [1.82, 2.24) is 24.9 Å². The van der Waals surface area contributed by atoms with Gasteiger partial charge in [0.15, 0.2) is 0 Å². The fourth-order valence-electron chi connectivity index (χ4n) is 4.41. The smallest absolute Gasteiger partial charge is 0.236 e. The number of piperidine rings is 2. The van der Waals surface area contributed by atoms with Gasteiger partial charge in [0.1, 0.15) is 0 Å². The van der Waals surface area contributed by atoms with Gasteiger partial charge in [0.25, 0.3) is 0 Å². The zero-order valence-corrected chi connectivity index (χ0v) is 17.0. The lowest BCUT2D eigenvalue weighted by Crippen LogP contribution is -2.53. The Balaban J connectivity index is 1.31. The minimum absolute atomic E-state index is 0.155. The van der Waals surface area contributed by atoms with E-state index in [4.69, 9.17) is 0 Å². The second-order valence-corrected chi connectivity index (χ2v) is 8.27. The first-order chi connectivity index (χ1) is 13.1. The minimum Gasteiger partial charge on any atom is -0.352 e. The maximum Gasteiger partial charge on any atom is 0.236 e. The molecule has 3 aliphatic heterocycles. The SMILES string of the molecule is CCN1CCC(NC(=O)CN2CCN(CC(=O)N3CCCCC3)CC2)CC1. The predicted molar refractivity (Wildman–Crippen MR) is 107 cm³/mol. The van der Waals surface area contributed by atoms with E-state index in [0.717, 1.165) is 84.6 Å². The van der Waals surface area contributed by atoms with Crippen molar-refractivity contribution in [3.63, 3.8) is 0 Å². The van der Waals surface area contributed by atoms with Crippen LogP contribution in [-0.2, 0) is 9.59 Å². The Hall–Kier alpha value is -1.18. The van der Waals surface area contributed by atoms with Crippen LogP contribution in [0.5, 0.6) is 0 Å². The van der Waals surface area contributed by atoms with Crippen molar-refractivity contribution in [3.05, 3.63) is 0 Å². The molecule has 0 spiro atoms. The van der Waals surface area contributed by atoms with E-state index in [2.05, 4.69) is 26.9 Å². The summed E-state index contributed by atoms with van der Waals surface area (Å²) in [6.45, 7) is 11.8. The van der Waals surface area contributed by atoms with Crippen molar-refractivity contribution in [3.8, 4) is 0 Å². The number of carbonyl (C=O) groups excluding carboxylic acids is 2. The van der Waals surface area contributed by atoms with Crippen LogP contribution in [0.3, 0.4) is 0 Å². The van der Waals surface area contributed by atoms with Gasteiger partial charge >= 0.3 is 0 Å². The van der Waals surface area contributed by atoms with E-state index in [9.17, 15) is 9.59 Å². The molecule has 0 unspecified atom stereocenters. The lowest BCUT2D eigenvalue weighted by atomic mass is 10.1. The Morgan fingerprint density at radius 1 is 0.778 bits per heavy atom.